The number of urea groups is 1. The first kappa shape index (κ1) is 14.7. The Morgan fingerprint density at radius 1 is 1.29 bits per heavy atom. The molecule has 1 heterocycles. The molecule has 2 amide bonds. The first-order chi connectivity index (χ1) is 10.1. The molecule has 21 heavy (non-hydrogen) atoms. The summed E-state index contributed by atoms with van der Waals surface area (Å²) in [4.78, 5) is 25.8. The molecular formula is C16H26N2O3. The van der Waals surface area contributed by atoms with Crippen molar-refractivity contribution in [2.24, 2.45) is 23.2 Å². The minimum atomic E-state index is -0.145. The summed E-state index contributed by atoms with van der Waals surface area (Å²) in [5, 5.41) is 3.13. The molecule has 3 fully saturated rings. The van der Waals surface area contributed by atoms with Gasteiger partial charge in [0.05, 0.1) is 13.0 Å². The van der Waals surface area contributed by atoms with Crippen molar-refractivity contribution < 1.29 is 14.3 Å². The highest BCUT2D eigenvalue weighted by molar-refractivity contribution is 5.76. The lowest BCUT2D eigenvalue weighted by Crippen LogP contribution is -2.50. The first-order valence-electron chi connectivity index (χ1n) is 8.16. The maximum absolute atomic E-state index is 12.3. The summed E-state index contributed by atoms with van der Waals surface area (Å²) in [6.07, 6.45) is 5.95. The summed E-state index contributed by atoms with van der Waals surface area (Å²) < 4.78 is 4.83. The van der Waals surface area contributed by atoms with Gasteiger partial charge >= 0.3 is 12.0 Å². The summed E-state index contributed by atoms with van der Waals surface area (Å²) in [6, 6.07) is 0.0390. The van der Waals surface area contributed by atoms with Gasteiger partial charge in [0, 0.05) is 19.6 Å². The zero-order chi connectivity index (χ0) is 15.0. The Hall–Kier alpha value is -1.26. The van der Waals surface area contributed by atoms with Crippen LogP contribution in [0.15, 0.2) is 0 Å². The number of hydrogen-bond donors (Lipinski definition) is 1. The Labute approximate surface area is 126 Å². The number of carbonyl (C=O) groups excluding carboxylic acids is 2. The normalized spacial score (nSPS) is 30.7. The van der Waals surface area contributed by atoms with Crippen molar-refractivity contribution in [2.75, 3.05) is 26.7 Å². The molecule has 2 aliphatic carbocycles. The van der Waals surface area contributed by atoms with Crippen LogP contribution in [0.1, 0.15) is 39.0 Å². The molecule has 0 bridgehead atoms. The number of likely N-dealkylation sites (tertiary alicyclic amines) is 1. The van der Waals surface area contributed by atoms with Crippen molar-refractivity contribution in [3.63, 3.8) is 0 Å². The Morgan fingerprint density at radius 3 is 2.52 bits per heavy atom. The number of esters is 1. The molecule has 1 saturated heterocycles. The lowest BCUT2D eigenvalue weighted by Gasteiger charge is -2.35. The van der Waals surface area contributed by atoms with E-state index in [0.29, 0.717) is 24.9 Å². The van der Waals surface area contributed by atoms with Crippen molar-refractivity contribution >= 4 is 12.0 Å². The molecule has 0 aromatic heterocycles. The standard InChI is InChI=1S/C16H26N2O3/c1-11-9-18(8-5-13(11)14(19)21-2)15(20)17-10-16(6-7-16)12-3-4-12/h11-13H,3-10H2,1-2H3,(H,17,20)/t11-,13-/m1/s1. The van der Waals surface area contributed by atoms with Crippen LogP contribution in [0.4, 0.5) is 4.79 Å². The Morgan fingerprint density at radius 2 is 2.00 bits per heavy atom. The monoisotopic (exact) mass is 294 g/mol. The molecule has 1 N–H and O–H groups in total. The second-order valence-corrected chi connectivity index (χ2v) is 7.14. The summed E-state index contributed by atoms with van der Waals surface area (Å²) in [5.74, 6) is 0.811. The minimum absolute atomic E-state index is 0.0390. The number of carbonyl (C=O) groups is 2. The van der Waals surface area contributed by atoms with Crippen LogP contribution in [0.2, 0.25) is 0 Å². The van der Waals surface area contributed by atoms with E-state index >= 15 is 0 Å². The van der Waals surface area contributed by atoms with Gasteiger partial charge in [-0.2, -0.15) is 0 Å². The number of ether oxygens (including phenoxy) is 1. The van der Waals surface area contributed by atoms with E-state index in [1.807, 2.05) is 11.8 Å². The highest BCUT2D eigenvalue weighted by atomic mass is 16.5. The van der Waals surface area contributed by atoms with Gasteiger partial charge in [-0.3, -0.25) is 4.79 Å². The lowest BCUT2D eigenvalue weighted by atomic mass is 9.87. The van der Waals surface area contributed by atoms with Crippen molar-refractivity contribution in [1.82, 2.24) is 10.2 Å². The van der Waals surface area contributed by atoms with Gasteiger partial charge in [0.1, 0.15) is 0 Å². The van der Waals surface area contributed by atoms with Crippen LogP contribution in [0.5, 0.6) is 0 Å². The lowest BCUT2D eigenvalue weighted by molar-refractivity contribution is -0.148. The SMILES string of the molecule is COC(=O)[C@@H]1CCN(C(=O)NCC2(C3CC3)CC2)C[C@H]1C. The topological polar surface area (TPSA) is 58.6 Å². The van der Waals surface area contributed by atoms with Crippen LogP contribution in [0, 0.1) is 23.2 Å². The molecule has 118 valence electrons. The van der Waals surface area contributed by atoms with E-state index in [1.165, 1.54) is 32.8 Å². The largest absolute Gasteiger partial charge is 0.469 e. The highest BCUT2D eigenvalue weighted by Crippen LogP contribution is 2.60. The predicted octanol–water partition coefficient (Wildman–Crippen LogP) is 2.02. The first-order valence-corrected chi connectivity index (χ1v) is 8.16. The summed E-state index contributed by atoms with van der Waals surface area (Å²) in [7, 11) is 1.43. The predicted molar refractivity (Wildman–Crippen MR) is 78.6 cm³/mol. The van der Waals surface area contributed by atoms with Gasteiger partial charge in [-0.15, -0.1) is 0 Å². The molecule has 5 nitrogen and oxygen atoms in total. The molecule has 2 saturated carbocycles. The van der Waals surface area contributed by atoms with Crippen LogP contribution < -0.4 is 5.32 Å². The fourth-order valence-corrected chi connectivity index (χ4v) is 3.78. The number of rotatable bonds is 4. The average molecular weight is 294 g/mol. The number of amides is 2. The molecule has 0 spiro atoms. The molecule has 3 aliphatic rings. The van der Waals surface area contributed by atoms with Gasteiger partial charge in [-0.25, -0.2) is 4.79 Å². The zero-order valence-electron chi connectivity index (χ0n) is 13.1. The third kappa shape index (κ3) is 3.01. The van der Waals surface area contributed by atoms with Crippen LogP contribution in [-0.4, -0.2) is 43.6 Å². The molecule has 0 aromatic rings. The van der Waals surface area contributed by atoms with E-state index in [0.717, 1.165) is 12.5 Å². The Kier molecular flexibility index (Phi) is 3.84. The Bertz CT molecular complexity index is 429. The van der Waals surface area contributed by atoms with E-state index in [2.05, 4.69) is 5.32 Å². The molecular weight excluding hydrogens is 268 g/mol. The van der Waals surface area contributed by atoms with Crippen molar-refractivity contribution in [1.29, 1.82) is 0 Å². The van der Waals surface area contributed by atoms with Crippen LogP contribution >= 0.6 is 0 Å². The molecule has 1 aliphatic heterocycles. The summed E-state index contributed by atoms with van der Waals surface area (Å²) in [6.45, 7) is 4.14. The van der Waals surface area contributed by atoms with Crippen molar-refractivity contribution in [2.45, 2.75) is 39.0 Å². The van der Waals surface area contributed by atoms with E-state index in [1.54, 1.807) is 0 Å². The average Bonchev–Trinajstić information content (AvgIpc) is 3.36. The van der Waals surface area contributed by atoms with Gasteiger partial charge in [0.2, 0.25) is 0 Å². The van der Waals surface area contributed by atoms with Crippen molar-refractivity contribution in [3.05, 3.63) is 0 Å². The van der Waals surface area contributed by atoms with Crippen LogP contribution in [0.25, 0.3) is 0 Å². The fourth-order valence-electron chi connectivity index (χ4n) is 3.78. The van der Waals surface area contributed by atoms with Gasteiger partial charge < -0.3 is 15.0 Å². The molecule has 0 aromatic carbocycles. The smallest absolute Gasteiger partial charge is 0.317 e. The summed E-state index contributed by atoms with van der Waals surface area (Å²) in [5.41, 5.74) is 0.436. The quantitative estimate of drug-likeness (QED) is 0.807. The maximum Gasteiger partial charge on any atom is 0.317 e. The summed E-state index contributed by atoms with van der Waals surface area (Å²) >= 11 is 0. The van der Waals surface area contributed by atoms with E-state index < -0.39 is 0 Å². The second kappa shape index (κ2) is 5.50. The van der Waals surface area contributed by atoms with Gasteiger partial charge in [-0.1, -0.05) is 6.92 Å². The van der Waals surface area contributed by atoms with Gasteiger partial charge in [0.25, 0.3) is 0 Å². The van der Waals surface area contributed by atoms with Crippen LogP contribution in [-0.2, 0) is 9.53 Å². The van der Waals surface area contributed by atoms with Crippen molar-refractivity contribution in [3.8, 4) is 0 Å². The molecule has 0 radical (unpaired) electrons. The Balaban J connectivity index is 1.47. The van der Waals surface area contributed by atoms with Crippen LogP contribution in [0.3, 0.4) is 0 Å². The number of hydrogen-bond acceptors (Lipinski definition) is 3. The van der Waals surface area contributed by atoms with E-state index in [9.17, 15) is 9.59 Å². The molecule has 3 rings (SSSR count). The molecule has 2 atom stereocenters. The third-order valence-corrected chi connectivity index (χ3v) is 5.62. The number of nitrogens with one attached hydrogen (secondary N) is 1. The van der Waals surface area contributed by atoms with E-state index in [4.69, 9.17) is 4.74 Å². The molecule has 5 heteroatoms. The van der Waals surface area contributed by atoms with E-state index in [-0.39, 0.29) is 23.8 Å². The number of methoxy groups -OCH3 is 1. The molecule has 0 unspecified atom stereocenters. The maximum atomic E-state index is 12.3. The highest BCUT2D eigenvalue weighted by Gasteiger charge is 2.53. The van der Waals surface area contributed by atoms with Gasteiger partial charge in [-0.05, 0) is 49.4 Å². The number of piperidine rings is 1. The number of nitrogens with zero attached hydrogens (tertiary/aromatic N) is 1. The zero-order valence-corrected chi connectivity index (χ0v) is 13.1. The second-order valence-electron chi connectivity index (χ2n) is 7.14. The fraction of sp³-hybridized carbons (Fsp3) is 0.875. The minimum Gasteiger partial charge on any atom is -0.469 e. The van der Waals surface area contributed by atoms with Gasteiger partial charge in [0.15, 0.2) is 0 Å². The third-order valence-electron chi connectivity index (χ3n) is 5.62.